The van der Waals surface area contributed by atoms with Crippen LogP contribution in [0.25, 0.3) is 22.7 Å². The second kappa shape index (κ2) is 4.31. The number of para-hydroxylation sites is 1. The molecule has 0 N–H and O–H groups in total. The molecule has 0 spiro atoms. The summed E-state index contributed by atoms with van der Waals surface area (Å²) in [6.45, 7) is 0. The van der Waals surface area contributed by atoms with E-state index in [0.29, 0.717) is 5.78 Å². The minimum atomic E-state index is 0.690. The zero-order chi connectivity index (χ0) is 13.4. The van der Waals surface area contributed by atoms with Crippen LogP contribution in [-0.4, -0.2) is 24.1 Å². The number of imidazole rings is 1. The third kappa shape index (κ3) is 1.76. The molecule has 0 amide bonds. The van der Waals surface area contributed by atoms with Crippen molar-refractivity contribution in [3.05, 3.63) is 67.4 Å². The SMILES string of the molecule is c1ccc(-n2cc(-c3cn4cccnc4n3)cn2)cc1. The summed E-state index contributed by atoms with van der Waals surface area (Å²) in [6, 6.07) is 11.9. The van der Waals surface area contributed by atoms with Crippen LogP contribution >= 0.6 is 0 Å². The van der Waals surface area contributed by atoms with E-state index in [1.807, 2.05) is 70.3 Å². The first kappa shape index (κ1) is 10.9. The monoisotopic (exact) mass is 261 g/mol. The molecule has 0 aliphatic carbocycles. The molecule has 0 bridgehead atoms. The summed E-state index contributed by atoms with van der Waals surface area (Å²) < 4.78 is 3.74. The van der Waals surface area contributed by atoms with E-state index in [-0.39, 0.29) is 0 Å². The standard InChI is InChI=1S/C15H11N5/c1-2-5-13(6-3-1)20-10-12(9-17-20)14-11-19-8-4-7-16-15(19)18-14/h1-11H. The lowest BCUT2D eigenvalue weighted by Crippen LogP contribution is -1.92. The maximum atomic E-state index is 4.49. The summed E-state index contributed by atoms with van der Waals surface area (Å²) in [5.74, 6) is 0.690. The highest BCUT2D eigenvalue weighted by Gasteiger charge is 2.07. The molecule has 0 fully saturated rings. The molecule has 5 heteroatoms. The first-order chi connectivity index (χ1) is 9.90. The van der Waals surface area contributed by atoms with Gasteiger partial charge in [-0.2, -0.15) is 5.10 Å². The van der Waals surface area contributed by atoms with Gasteiger partial charge in [-0.1, -0.05) is 18.2 Å². The van der Waals surface area contributed by atoms with Crippen LogP contribution in [0, 0.1) is 0 Å². The molecule has 5 nitrogen and oxygen atoms in total. The normalized spacial score (nSPS) is 11.0. The van der Waals surface area contributed by atoms with Gasteiger partial charge in [-0.3, -0.25) is 4.40 Å². The number of hydrogen-bond acceptors (Lipinski definition) is 3. The Hall–Kier alpha value is -2.95. The van der Waals surface area contributed by atoms with Crippen LogP contribution in [0.15, 0.2) is 67.4 Å². The Balaban J connectivity index is 1.78. The lowest BCUT2D eigenvalue weighted by molar-refractivity contribution is 0.881. The van der Waals surface area contributed by atoms with Gasteiger partial charge >= 0.3 is 0 Å². The largest absolute Gasteiger partial charge is 0.291 e. The molecule has 4 aromatic rings. The summed E-state index contributed by atoms with van der Waals surface area (Å²) in [4.78, 5) is 8.71. The predicted molar refractivity (Wildman–Crippen MR) is 75.5 cm³/mol. The third-order valence-corrected chi connectivity index (χ3v) is 3.13. The van der Waals surface area contributed by atoms with Crippen molar-refractivity contribution in [1.82, 2.24) is 24.1 Å². The van der Waals surface area contributed by atoms with Crippen molar-refractivity contribution in [2.75, 3.05) is 0 Å². The van der Waals surface area contributed by atoms with Crippen LogP contribution in [0.2, 0.25) is 0 Å². The van der Waals surface area contributed by atoms with Crippen LogP contribution in [0.3, 0.4) is 0 Å². The fraction of sp³-hybridized carbons (Fsp3) is 0. The van der Waals surface area contributed by atoms with E-state index < -0.39 is 0 Å². The molecule has 96 valence electrons. The molecule has 0 aliphatic heterocycles. The average Bonchev–Trinajstić information content (AvgIpc) is 3.14. The van der Waals surface area contributed by atoms with E-state index in [1.165, 1.54) is 0 Å². The second-order valence-corrected chi connectivity index (χ2v) is 4.46. The molecule has 0 unspecified atom stereocenters. The van der Waals surface area contributed by atoms with E-state index in [9.17, 15) is 0 Å². The van der Waals surface area contributed by atoms with Crippen LogP contribution < -0.4 is 0 Å². The molecule has 0 saturated heterocycles. The van der Waals surface area contributed by atoms with Crippen molar-refractivity contribution in [3.63, 3.8) is 0 Å². The van der Waals surface area contributed by atoms with Gasteiger partial charge in [-0.25, -0.2) is 14.6 Å². The molecule has 3 aromatic heterocycles. The van der Waals surface area contributed by atoms with Crippen LogP contribution in [0.5, 0.6) is 0 Å². The quantitative estimate of drug-likeness (QED) is 0.557. The molecule has 4 rings (SSSR count). The van der Waals surface area contributed by atoms with Gasteiger partial charge in [0.25, 0.3) is 0 Å². The summed E-state index contributed by atoms with van der Waals surface area (Å²) in [5.41, 5.74) is 2.87. The summed E-state index contributed by atoms with van der Waals surface area (Å²) >= 11 is 0. The van der Waals surface area contributed by atoms with Crippen molar-refractivity contribution in [2.24, 2.45) is 0 Å². The summed E-state index contributed by atoms with van der Waals surface area (Å²) in [6.07, 6.45) is 9.40. The maximum Gasteiger partial charge on any atom is 0.234 e. The molecular formula is C15H11N5. The lowest BCUT2D eigenvalue weighted by Gasteiger charge is -1.98. The maximum absolute atomic E-state index is 4.49. The number of aromatic nitrogens is 5. The number of fused-ring (bicyclic) bond motifs is 1. The number of benzene rings is 1. The van der Waals surface area contributed by atoms with Gasteiger partial charge in [-0.15, -0.1) is 0 Å². The van der Waals surface area contributed by atoms with Crippen molar-refractivity contribution in [2.45, 2.75) is 0 Å². The van der Waals surface area contributed by atoms with E-state index in [2.05, 4.69) is 15.1 Å². The van der Waals surface area contributed by atoms with Gasteiger partial charge in [0.15, 0.2) is 0 Å². The molecule has 20 heavy (non-hydrogen) atoms. The average molecular weight is 261 g/mol. The molecule has 0 radical (unpaired) electrons. The van der Waals surface area contributed by atoms with E-state index in [4.69, 9.17) is 0 Å². The first-order valence-electron chi connectivity index (χ1n) is 6.30. The molecule has 1 aromatic carbocycles. The fourth-order valence-corrected chi connectivity index (χ4v) is 2.15. The van der Waals surface area contributed by atoms with Gasteiger partial charge in [0.1, 0.15) is 0 Å². The van der Waals surface area contributed by atoms with Gasteiger partial charge in [-0.05, 0) is 18.2 Å². The molecule has 0 atom stereocenters. The van der Waals surface area contributed by atoms with Crippen LogP contribution in [0.4, 0.5) is 0 Å². The second-order valence-electron chi connectivity index (χ2n) is 4.46. The molecule has 0 saturated carbocycles. The Labute approximate surface area is 115 Å². The highest BCUT2D eigenvalue weighted by molar-refractivity contribution is 5.60. The van der Waals surface area contributed by atoms with E-state index in [1.54, 1.807) is 6.20 Å². The Bertz CT molecular complexity index is 827. The molecule has 3 heterocycles. The van der Waals surface area contributed by atoms with Crippen LogP contribution in [0.1, 0.15) is 0 Å². The van der Waals surface area contributed by atoms with E-state index in [0.717, 1.165) is 16.9 Å². The van der Waals surface area contributed by atoms with Crippen molar-refractivity contribution in [3.8, 4) is 16.9 Å². The van der Waals surface area contributed by atoms with Crippen LogP contribution in [-0.2, 0) is 0 Å². The van der Waals surface area contributed by atoms with Gasteiger partial charge in [0.05, 0.1) is 17.6 Å². The summed E-state index contributed by atoms with van der Waals surface area (Å²) in [5, 5.41) is 4.38. The topological polar surface area (TPSA) is 48.0 Å². The minimum absolute atomic E-state index is 0.690. The van der Waals surface area contributed by atoms with E-state index >= 15 is 0 Å². The van der Waals surface area contributed by atoms with Crippen molar-refractivity contribution < 1.29 is 0 Å². The van der Waals surface area contributed by atoms with Gasteiger partial charge < -0.3 is 0 Å². The van der Waals surface area contributed by atoms with Gasteiger partial charge in [0, 0.05) is 30.4 Å². The van der Waals surface area contributed by atoms with Gasteiger partial charge in [0.2, 0.25) is 5.78 Å². The molecule has 0 aliphatic rings. The van der Waals surface area contributed by atoms with Crippen molar-refractivity contribution in [1.29, 1.82) is 0 Å². The van der Waals surface area contributed by atoms with Crippen molar-refractivity contribution >= 4 is 5.78 Å². The zero-order valence-corrected chi connectivity index (χ0v) is 10.6. The Kier molecular flexibility index (Phi) is 2.35. The number of hydrogen-bond donors (Lipinski definition) is 0. The summed E-state index contributed by atoms with van der Waals surface area (Å²) in [7, 11) is 0. The predicted octanol–water partition coefficient (Wildman–Crippen LogP) is 2.58. The highest BCUT2D eigenvalue weighted by atomic mass is 15.3. The highest BCUT2D eigenvalue weighted by Crippen LogP contribution is 2.19. The fourth-order valence-electron chi connectivity index (χ4n) is 2.15. The molecular weight excluding hydrogens is 250 g/mol. The Morgan fingerprint density at radius 1 is 0.950 bits per heavy atom. The number of rotatable bonds is 2. The zero-order valence-electron chi connectivity index (χ0n) is 10.6. The third-order valence-electron chi connectivity index (χ3n) is 3.13. The lowest BCUT2D eigenvalue weighted by atomic mass is 10.3. The Morgan fingerprint density at radius 3 is 2.70 bits per heavy atom. The number of nitrogens with zero attached hydrogens (tertiary/aromatic N) is 5. The first-order valence-corrected chi connectivity index (χ1v) is 6.30. The smallest absolute Gasteiger partial charge is 0.234 e. The minimum Gasteiger partial charge on any atom is -0.291 e. The Morgan fingerprint density at radius 2 is 1.85 bits per heavy atom.